The minimum atomic E-state index is 0. The number of guanidine groups is 1. The van der Waals surface area contributed by atoms with Crippen LogP contribution < -0.4 is 10.6 Å². The van der Waals surface area contributed by atoms with Crippen LogP contribution in [0, 0.1) is 20.8 Å². The average Bonchev–Trinajstić information content (AvgIpc) is 3.13. The van der Waals surface area contributed by atoms with Gasteiger partial charge in [-0.3, -0.25) is 4.99 Å². The maximum absolute atomic E-state index is 5.58. The maximum Gasteiger partial charge on any atom is 0.226 e. The first-order valence-corrected chi connectivity index (χ1v) is 9.08. The van der Waals surface area contributed by atoms with E-state index < -0.39 is 0 Å². The lowest BCUT2D eigenvalue weighted by Crippen LogP contribution is -2.36. The highest BCUT2D eigenvalue weighted by atomic mass is 127. The number of benzene rings is 2. The molecule has 0 radical (unpaired) electrons. The van der Waals surface area contributed by atoms with E-state index in [2.05, 4.69) is 53.5 Å². The van der Waals surface area contributed by atoms with Crippen LogP contribution in [0.3, 0.4) is 0 Å². The van der Waals surface area contributed by atoms with Gasteiger partial charge in [-0.1, -0.05) is 35.9 Å². The molecule has 1 aromatic heterocycles. The van der Waals surface area contributed by atoms with E-state index in [0.29, 0.717) is 12.4 Å². The zero-order chi connectivity index (χ0) is 19.2. The molecule has 0 bridgehead atoms. The molecule has 148 valence electrons. The number of rotatable bonds is 5. The fraction of sp³-hybridized carbons (Fsp3) is 0.273. The number of aliphatic imine (C=N–C) groups is 1. The molecule has 0 aliphatic carbocycles. The van der Waals surface area contributed by atoms with E-state index in [4.69, 9.17) is 4.42 Å². The fourth-order valence-electron chi connectivity index (χ4n) is 3.16. The molecule has 1 heterocycles. The smallest absolute Gasteiger partial charge is 0.226 e. The number of aromatic nitrogens is 1. The lowest BCUT2D eigenvalue weighted by molar-refractivity contribution is 0.572. The van der Waals surface area contributed by atoms with Gasteiger partial charge in [-0.25, -0.2) is 4.98 Å². The zero-order valence-corrected chi connectivity index (χ0v) is 19.1. The third-order valence-electron chi connectivity index (χ3n) is 4.51. The molecule has 0 aliphatic rings. The van der Waals surface area contributed by atoms with Crippen molar-refractivity contribution in [2.75, 3.05) is 7.05 Å². The summed E-state index contributed by atoms with van der Waals surface area (Å²) in [4.78, 5) is 8.83. The lowest BCUT2D eigenvalue weighted by Gasteiger charge is -2.15. The number of hydrogen-bond donors (Lipinski definition) is 2. The van der Waals surface area contributed by atoms with E-state index in [9.17, 15) is 0 Å². The molecule has 0 atom stereocenters. The maximum atomic E-state index is 5.58. The quantitative estimate of drug-likeness (QED) is 0.308. The van der Waals surface area contributed by atoms with Crippen LogP contribution in [-0.4, -0.2) is 18.0 Å². The van der Waals surface area contributed by atoms with Crippen LogP contribution in [-0.2, 0) is 13.1 Å². The minimum Gasteiger partial charge on any atom is -0.444 e. The Kier molecular flexibility index (Phi) is 8.04. The Hall–Kier alpha value is -2.35. The number of aryl methyl sites for hydroxylation is 3. The van der Waals surface area contributed by atoms with Crippen molar-refractivity contribution < 1.29 is 4.42 Å². The van der Waals surface area contributed by atoms with Crippen LogP contribution in [0.1, 0.15) is 27.9 Å². The summed E-state index contributed by atoms with van der Waals surface area (Å²) in [6.45, 7) is 7.69. The van der Waals surface area contributed by atoms with Crippen molar-refractivity contribution in [3.63, 3.8) is 0 Å². The average molecular weight is 490 g/mol. The molecule has 0 unspecified atom stereocenters. The van der Waals surface area contributed by atoms with E-state index in [-0.39, 0.29) is 24.0 Å². The Balaban J connectivity index is 0.00000280. The molecule has 2 N–H and O–H groups in total. The topological polar surface area (TPSA) is 62.5 Å². The lowest BCUT2D eigenvalue weighted by atomic mass is 10.00. The second-order valence-corrected chi connectivity index (χ2v) is 6.67. The predicted molar refractivity (Wildman–Crippen MR) is 125 cm³/mol. The molecule has 0 aliphatic heterocycles. The number of hydrogen-bond acceptors (Lipinski definition) is 3. The molecule has 2 aromatic carbocycles. The van der Waals surface area contributed by atoms with Gasteiger partial charge < -0.3 is 15.1 Å². The van der Waals surface area contributed by atoms with Crippen LogP contribution in [0.2, 0.25) is 0 Å². The van der Waals surface area contributed by atoms with Gasteiger partial charge in [0.2, 0.25) is 5.89 Å². The van der Waals surface area contributed by atoms with Crippen molar-refractivity contribution in [2.45, 2.75) is 33.9 Å². The van der Waals surface area contributed by atoms with E-state index >= 15 is 0 Å². The highest BCUT2D eigenvalue weighted by molar-refractivity contribution is 14.0. The summed E-state index contributed by atoms with van der Waals surface area (Å²) in [7, 11) is 1.77. The van der Waals surface area contributed by atoms with Crippen molar-refractivity contribution in [3.05, 3.63) is 76.7 Å². The predicted octanol–water partition coefficient (Wildman–Crippen LogP) is 4.75. The largest absolute Gasteiger partial charge is 0.444 e. The molecule has 6 heteroatoms. The Labute approximate surface area is 183 Å². The number of nitrogens with one attached hydrogen (secondary N) is 2. The first-order valence-electron chi connectivity index (χ1n) is 9.08. The van der Waals surface area contributed by atoms with Crippen molar-refractivity contribution in [2.24, 2.45) is 4.99 Å². The van der Waals surface area contributed by atoms with E-state index in [1.807, 2.05) is 30.3 Å². The fourth-order valence-corrected chi connectivity index (χ4v) is 3.16. The summed E-state index contributed by atoms with van der Waals surface area (Å²) >= 11 is 0. The minimum absolute atomic E-state index is 0. The number of nitrogens with zero attached hydrogens (tertiary/aromatic N) is 2. The molecular formula is C22H27IN4O. The van der Waals surface area contributed by atoms with Crippen LogP contribution in [0.4, 0.5) is 0 Å². The molecule has 3 aromatic rings. The molecule has 3 rings (SSSR count). The van der Waals surface area contributed by atoms with Gasteiger partial charge in [-0.15, -0.1) is 24.0 Å². The summed E-state index contributed by atoms with van der Waals surface area (Å²) in [5.41, 5.74) is 6.97. The summed E-state index contributed by atoms with van der Waals surface area (Å²) in [6.07, 6.45) is 1.68. The molecule has 0 saturated carbocycles. The second kappa shape index (κ2) is 10.3. The third-order valence-corrected chi connectivity index (χ3v) is 4.51. The van der Waals surface area contributed by atoms with Crippen LogP contribution >= 0.6 is 24.0 Å². The van der Waals surface area contributed by atoms with Crippen molar-refractivity contribution in [3.8, 4) is 11.5 Å². The van der Waals surface area contributed by atoms with Gasteiger partial charge in [0, 0.05) is 19.2 Å². The Morgan fingerprint density at radius 2 is 1.64 bits per heavy atom. The zero-order valence-electron chi connectivity index (χ0n) is 16.7. The highest BCUT2D eigenvalue weighted by Gasteiger charge is 2.08. The molecule has 5 nitrogen and oxygen atoms in total. The Bertz CT molecular complexity index is 912. The van der Waals surface area contributed by atoms with Gasteiger partial charge in [0.15, 0.2) is 5.96 Å². The summed E-state index contributed by atoms with van der Waals surface area (Å²) in [5, 5.41) is 6.66. The van der Waals surface area contributed by atoms with Gasteiger partial charge in [0.1, 0.15) is 6.26 Å². The van der Waals surface area contributed by atoms with Crippen molar-refractivity contribution >= 4 is 29.9 Å². The Morgan fingerprint density at radius 3 is 2.29 bits per heavy atom. The monoisotopic (exact) mass is 490 g/mol. The van der Waals surface area contributed by atoms with Crippen molar-refractivity contribution in [1.82, 2.24) is 15.6 Å². The van der Waals surface area contributed by atoms with Crippen LogP contribution in [0.25, 0.3) is 11.5 Å². The molecule has 0 amide bonds. The number of oxazole rings is 1. The van der Waals surface area contributed by atoms with E-state index in [1.165, 1.54) is 22.3 Å². The second-order valence-electron chi connectivity index (χ2n) is 6.67. The van der Waals surface area contributed by atoms with Crippen molar-refractivity contribution in [1.29, 1.82) is 0 Å². The third kappa shape index (κ3) is 5.58. The summed E-state index contributed by atoms with van der Waals surface area (Å²) in [5.74, 6) is 1.36. The number of halogens is 1. The van der Waals surface area contributed by atoms with Gasteiger partial charge in [0.05, 0.1) is 12.2 Å². The van der Waals surface area contributed by atoms with Crippen LogP contribution in [0.5, 0.6) is 0 Å². The van der Waals surface area contributed by atoms with Crippen LogP contribution in [0.15, 0.2) is 58.1 Å². The van der Waals surface area contributed by atoms with Gasteiger partial charge >= 0.3 is 0 Å². The first-order chi connectivity index (χ1) is 13.1. The summed E-state index contributed by atoms with van der Waals surface area (Å²) < 4.78 is 5.58. The van der Waals surface area contributed by atoms with Gasteiger partial charge in [0.25, 0.3) is 0 Å². The molecule has 28 heavy (non-hydrogen) atoms. The normalized spacial score (nSPS) is 11.1. The van der Waals surface area contributed by atoms with Gasteiger partial charge in [-0.05, 0) is 49.6 Å². The highest BCUT2D eigenvalue weighted by Crippen LogP contribution is 2.18. The molecule has 0 spiro atoms. The SMILES string of the molecule is CN=C(NCc1coc(-c2ccccc2)n1)NCc1c(C)cc(C)cc1C.I. The molecule has 0 fully saturated rings. The molecule has 0 saturated heterocycles. The van der Waals surface area contributed by atoms with E-state index in [1.54, 1.807) is 13.3 Å². The first kappa shape index (κ1) is 21.9. The standard InChI is InChI=1S/C22H26N4O.HI/c1-15-10-16(2)20(17(3)11-15)13-25-22(23-4)24-12-19-14-27-21(26-19)18-8-6-5-7-9-18;/h5-11,14H,12-13H2,1-4H3,(H2,23,24,25);1H. The van der Waals surface area contributed by atoms with E-state index in [0.717, 1.165) is 23.8 Å². The summed E-state index contributed by atoms with van der Waals surface area (Å²) in [6, 6.07) is 14.3. The molecular weight excluding hydrogens is 463 g/mol. The van der Waals surface area contributed by atoms with Gasteiger partial charge in [-0.2, -0.15) is 0 Å². The Morgan fingerprint density at radius 1 is 1.00 bits per heavy atom.